The number of carbonyl (C=O) groups is 1. The molecule has 4 nitrogen and oxygen atoms in total. The zero-order valence-electron chi connectivity index (χ0n) is 9.72. The summed E-state index contributed by atoms with van der Waals surface area (Å²) < 4.78 is 10.00. The van der Waals surface area contributed by atoms with Gasteiger partial charge in [0.15, 0.2) is 0 Å². The second-order valence-electron chi connectivity index (χ2n) is 3.40. The van der Waals surface area contributed by atoms with Crippen LogP contribution in [0.5, 0.6) is 5.75 Å². The highest BCUT2D eigenvalue weighted by Crippen LogP contribution is 2.49. The second-order valence-corrected chi connectivity index (χ2v) is 8.81. The van der Waals surface area contributed by atoms with Crippen LogP contribution in [0, 0.1) is 0 Å². The molecule has 0 bridgehead atoms. The van der Waals surface area contributed by atoms with Gasteiger partial charge >= 0.3 is 5.97 Å². The first kappa shape index (κ1) is 15.7. The third-order valence-corrected chi connectivity index (χ3v) is 4.37. The number of ether oxygens (including phenoxy) is 1. The van der Waals surface area contributed by atoms with Crippen LogP contribution < -0.4 is 9.61 Å². The van der Waals surface area contributed by atoms with Gasteiger partial charge in [0.05, 0.1) is 7.11 Å². The lowest BCUT2D eigenvalue weighted by atomic mass is 10.3. The van der Waals surface area contributed by atoms with Crippen LogP contribution in [-0.2, 0) is 21.3 Å². The molecule has 100 valence electrons. The molecule has 0 spiro atoms. The molecule has 0 aliphatic heterocycles. The number of rotatable bonds is 5. The van der Waals surface area contributed by atoms with Crippen LogP contribution in [0.1, 0.15) is 6.92 Å². The van der Waals surface area contributed by atoms with E-state index in [1.807, 2.05) is 0 Å². The lowest BCUT2D eigenvalue weighted by Gasteiger charge is -2.20. The molecule has 0 aliphatic carbocycles. The van der Waals surface area contributed by atoms with Gasteiger partial charge in [-0.25, -0.2) is 5.09 Å². The van der Waals surface area contributed by atoms with Crippen LogP contribution >= 0.6 is 28.6 Å². The van der Waals surface area contributed by atoms with E-state index in [1.165, 1.54) is 7.11 Å². The number of carbonyl (C=O) groups excluding carboxylic acids is 1. The summed E-state index contributed by atoms with van der Waals surface area (Å²) in [6.07, 6.45) is 0. The molecule has 18 heavy (non-hydrogen) atoms. The summed E-state index contributed by atoms with van der Waals surface area (Å²) in [5.41, 5.74) is 0. The highest BCUT2D eigenvalue weighted by molar-refractivity contribution is 8.23. The minimum atomic E-state index is -2.84. The van der Waals surface area contributed by atoms with Crippen molar-refractivity contribution in [3.63, 3.8) is 0 Å². The maximum absolute atomic E-state index is 11.2. The van der Waals surface area contributed by atoms with Gasteiger partial charge in [0.25, 0.3) is 5.77 Å². The summed E-state index contributed by atoms with van der Waals surface area (Å²) in [6.45, 7) is 1.60. The average molecular weight is 328 g/mol. The van der Waals surface area contributed by atoms with Crippen LogP contribution in [0.25, 0.3) is 0 Å². The van der Waals surface area contributed by atoms with E-state index in [9.17, 15) is 4.79 Å². The van der Waals surface area contributed by atoms with Gasteiger partial charge in [-0.15, -0.1) is 0 Å². The third kappa shape index (κ3) is 5.12. The molecule has 0 fully saturated rings. The van der Waals surface area contributed by atoms with Crippen molar-refractivity contribution in [2.24, 2.45) is 0 Å². The van der Waals surface area contributed by atoms with Gasteiger partial charge in [0.1, 0.15) is 11.8 Å². The molecule has 1 aromatic rings. The molecule has 2 unspecified atom stereocenters. The van der Waals surface area contributed by atoms with Crippen molar-refractivity contribution in [2.45, 2.75) is 13.0 Å². The molecular weight excluding hydrogens is 316 g/mol. The molecule has 8 heteroatoms. The quantitative estimate of drug-likeness (QED) is 0.664. The van der Waals surface area contributed by atoms with E-state index in [4.69, 9.17) is 39.2 Å². The molecule has 2 atom stereocenters. The number of benzene rings is 1. The first-order valence-electron chi connectivity index (χ1n) is 4.94. The van der Waals surface area contributed by atoms with Gasteiger partial charge in [-0.1, -0.05) is 11.6 Å². The fraction of sp³-hybridized carbons (Fsp3) is 0.300. The Morgan fingerprint density at radius 1 is 1.44 bits per heavy atom. The van der Waals surface area contributed by atoms with E-state index in [2.05, 4.69) is 9.82 Å². The molecule has 1 rings (SSSR count). The van der Waals surface area contributed by atoms with E-state index in [0.29, 0.717) is 10.8 Å². The lowest BCUT2D eigenvalue weighted by molar-refractivity contribution is -0.142. The highest BCUT2D eigenvalue weighted by atomic mass is 35.7. The number of hydrogen-bond acceptors (Lipinski definition) is 4. The topological polar surface area (TPSA) is 47.6 Å². The van der Waals surface area contributed by atoms with Crippen molar-refractivity contribution in [2.75, 3.05) is 7.11 Å². The number of hydrogen-bond donors (Lipinski definition) is 1. The largest absolute Gasteiger partial charge is 0.468 e. The molecule has 0 amide bonds. The maximum Gasteiger partial charge on any atom is 0.323 e. The monoisotopic (exact) mass is 327 g/mol. The van der Waals surface area contributed by atoms with Gasteiger partial charge in [-0.05, 0) is 54.2 Å². The Balaban J connectivity index is 2.67. The maximum atomic E-state index is 11.2. The Morgan fingerprint density at radius 3 is 2.50 bits per heavy atom. The Morgan fingerprint density at radius 2 is 2.00 bits per heavy atom. The van der Waals surface area contributed by atoms with E-state index < -0.39 is 17.8 Å². The van der Waals surface area contributed by atoms with Crippen molar-refractivity contribution in [3.8, 4) is 5.75 Å². The van der Waals surface area contributed by atoms with Crippen molar-refractivity contribution in [1.82, 2.24) is 5.09 Å². The number of nitrogens with one attached hydrogen (secondary N) is 1. The molecule has 0 saturated carbocycles. The predicted octanol–water partition coefficient (Wildman–Crippen LogP) is 3.33. The summed E-state index contributed by atoms with van der Waals surface area (Å²) in [4.78, 5) is 11.2. The number of esters is 1. The fourth-order valence-electron chi connectivity index (χ4n) is 1.12. The molecule has 0 radical (unpaired) electrons. The summed E-state index contributed by atoms with van der Waals surface area (Å²) in [5, 5.41) is 3.32. The Labute approximate surface area is 120 Å². The molecule has 0 saturated heterocycles. The smallest absolute Gasteiger partial charge is 0.323 e. The molecule has 0 aliphatic rings. The summed E-state index contributed by atoms with van der Waals surface area (Å²) in [6, 6.07) is 5.98. The normalized spacial score (nSPS) is 15.6. The van der Waals surface area contributed by atoms with Crippen molar-refractivity contribution >= 4 is 46.4 Å². The number of methoxy groups -OCH3 is 1. The first-order chi connectivity index (χ1) is 8.34. The van der Waals surface area contributed by atoms with Gasteiger partial charge in [0, 0.05) is 5.02 Å². The lowest BCUT2D eigenvalue weighted by Crippen LogP contribution is -2.32. The predicted molar refractivity (Wildman–Crippen MR) is 76.8 cm³/mol. The summed E-state index contributed by atoms with van der Waals surface area (Å²) >= 11 is 16.9. The molecule has 1 N–H and O–H groups in total. The minimum Gasteiger partial charge on any atom is -0.468 e. The van der Waals surface area contributed by atoms with Gasteiger partial charge in [-0.3, -0.25) is 4.79 Å². The summed E-state index contributed by atoms with van der Waals surface area (Å²) in [7, 11) is 1.29. The second kappa shape index (κ2) is 6.73. The minimum absolute atomic E-state index is 0.454. The Bertz CT molecular complexity index is 469. The van der Waals surface area contributed by atoms with Crippen LogP contribution in [0.2, 0.25) is 5.02 Å². The Hall–Kier alpha value is -0.320. The molecule has 0 heterocycles. The van der Waals surface area contributed by atoms with E-state index in [1.54, 1.807) is 31.2 Å². The van der Waals surface area contributed by atoms with E-state index >= 15 is 0 Å². The van der Waals surface area contributed by atoms with Crippen molar-refractivity contribution in [1.29, 1.82) is 0 Å². The molecular formula is C10H12Cl2NO3PS. The highest BCUT2D eigenvalue weighted by Gasteiger charge is 2.23. The fourth-order valence-corrected chi connectivity index (χ4v) is 3.67. The SMILES string of the molecule is COC(=O)C(C)NP(=S)(Cl)Oc1ccc(Cl)cc1. The van der Waals surface area contributed by atoms with Gasteiger partial charge in [-0.2, -0.15) is 0 Å². The molecule has 0 aromatic heterocycles. The van der Waals surface area contributed by atoms with Gasteiger partial charge in [0.2, 0.25) is 0 Å². The van der Waals surface area contributed by atoms with E-state index in [0.717, 1.165) is 0 Å². The van der Waals surface area contributed by atoms with E-state index in [-0.39, 0.29) is 0 Å². The zero-order valence-corrected chi connectivity index (χ0v) is 12.9. The zero-order chi connectivity index (χ0) is 13.8. The standard InChI is InChI=1S/C10H12Cl2NO3PS/c1-7(10(14)15-2)13-17(12,18)16-9-5-3-8(11)4-6-9/h3-7H,1-2H3,(H,13,18). The number of halogens is 2. The summed E-state index contributed by atoms with van der Waals surface area (Å²) in [5.74, 6) is -2.81. The van der Waals surface area contributed by atoms with Crippen LogP contribution in [0.4, 0.5) is 0 Å². The third-order valence-electron chi connectivity index (χ3n) is 1.94. The van der Waals surface area contributed by atoms with Crippen LogP contribution in [-0.4, -0.2) is 19.1 Å². The Kier molecular flexibility index (Phi) is 5.89. The molecule has 1 aromatic carbocycles. The van der Waals surface area contributed by atoms with Crippen molar-refractivity contribution in [3.05, 3.63) is 29.3 Å². The van der Waals surface area contributed by atoms with Crippen LogP contribution in [0.15, 0.2) is 24.3 Å². The van der Waals surface area contributed by atoms with Crippen LogP contribution in [0.3, 0.4) is 0 Å². The van der Waals surface area contributed by atoms with Crippen molar-refractivity contribution < 1.29 is 14.1 Å². The van der Waals surface area contributed by atoms with Gasteiger partial charge < -0.3 is 9.26 Å². The average Bonchev–Trinajstić information content (AvgIpc) is 2.30. The first-order valence-corrected chi connectivity index (χ1v) is 8.95.